The highest BCUT2D eigenvalue weighted by molar-refractivity contribution is 7.17. The maximum Gasteiger partial charge on any atom is 0.272 e. The minimum Gasteiger partial charge on any atom is -0.361 e. The van der Waals surface area contributed by atoms with Crippen molar-refractivity contribution in [1.82, 2.24) is 10.4 Å². The number of aromatic amines is 1. The van der Waals surface area contributed by atoms with Crippen molar-refractivity contribution in [3.05, 3.63) is 71.2 Å². The minimum absolute atomic E-state index is 0.196. The highest BCUT2D eigenvalue weighted by Crippen LogP contribution is 2.25. The largest absolute Gasteiger partial charge is 0.361 e. The van der Waals surface area contributed by atoms with Gasteiger partial charge in [0.1, 0.15) is 0 Å². The van der Waals surface area contributed by atoms with E-state index in [0.717, 1.165) is 26.6 Å². The average molecular weight is 319 g/mol. The molecule has 5 heteroatoms. The van der Waals surface area contributed by atoms with Crippen molar-refractivity contribution in [2.45, 2.75) is 0 Å². The molecular weight excluding hydrogens is 306 g/mol. The fourth-order valence-corrected chi connectivity index (χ4v) is 3.52. The molecule has 0 aliphatic heterocycles. The molecule has 0 aliphatic carbocycles. The second-order valence-corrected chi connectivity index (χ2v) is 6.05. The molecule has 2 aromatic heterocycles. The monoisotopic (exact) mass is 319 g/mol. The number of aromatic nitrogens is 1. The first-order valence-corrected chi connectivity index (χ1v) is 8.06. The summed E-state index contributed by atoms with van der Waals surface area (Å²) in [6, 6.07) is 15.8. The lowest BCUT2D eigenvalue weighted by molar-refractivity contribution is 0.0957. The Kier molecular flexibility index (Phi) is 3.40. The van der Waals surface area contributed by atoms with Crippen LogP contribution in [-0.2, 0) is 0 Å². The Morgan fingerprint density at radius 2 is 1.87 bits per heavy atom. The Morgan fingerprint density at radius 3 is 2.78 bits per heavy atom. The maximum absolute atomic E-state index is 12.3. The number of thiophene rings is 1. The van der Waals surface area contributed by atoms with Crippen LogP contribution in [-0.4, -0.2) is 17.1 Å². The van der Waals surface area contributed by atoms with Gasteiger partial charge in [-0.1, -0.05) is 36.4 Å². The van der Waals surface area contributed by atoms with Gasteiger partial charge in [0.05, 0.1) is 11.8 Å². The van der Waals surface area contributed by atoms with Crippen molar-refractivity contribution in [3.8, 4) is 0 Å². The van der Waals surface area contributed by atoms with Crippen LogP contribution in [0.1, 0.15) is 15.9 Å². The third-order valence-electron chi connectivity index (χ3n) is 3.72. The number of hydrogen-bond acceptors (Lipinski definition) is 3. The minimum atomic E-state index is -0.196. The SMILES string of the molecule is O=C(N/N=C\c1c[nH]c2ccccc12)c1csc2ccccc12. The van der Waals surface area contributed by atoms with Crippen LogP contribution in [0.25, 0.3) is 21.0 Å². The third-order valence-corrected chi connectivity index (χ3v) is 4.68. The maximum atomic E-state index is 12.3. The lowest BCUT2D eigenvalue weighted by Crippen LogP contribution is -2.17. The van der Waals surface area contributed by atoms with Crippen LogP contribution in [0.2, 0.25) is 0 Å². The molecule has 2 N–H and O–H groups in total. The molecule has 0 radical (unpaired) electrons. The standard InChI is InChI=1S/C18H13N3OS/c22-18(15-11-23-17-8-4-2-6-14(15)17)21-20-10-12-9-19-16-7-3-1-5-13(12)16/h1-11,19H,(H,21,22)/b20-10-. The van der Waals surface area contributed by atoms with Gasteiger partial charge in [-0.3, -0.25) is 4.79 Å². The number of carbonyl (C=O) groups excluding carboxylic acids is 1. The van der Waals surface area contributed by atoms with E-state index in [4.69, 9.17) is 0 Å². The molecule has 0 saturated carbocycles. The van der Waals surface area contributed by atoms with E-state index >= 15 is 0 Å². The summed E-state index contributed by atoms with van der Waals surface area (Å²) in [6.45, 7) is 0. The number of fused-ring (bicyclic) bond motifs is 2. The van der Waals surface area contributed by atoms with E-state index in [9.17, 15) is 4.79 Å². The van der Waals surface area contributed by atoms with Crippen molar-refractivity contribution in [2.24, 2.45) is 5.10 Å². The van der Waals surface area contributed by atoms with E-state index < -0.39 is 0 Å². The van der Waals surface area contributed by atoms with Crippen molar-refractivity contribution in [2.75, 3.05) is 0 Å². The summed E-state index contributed by atoms with van der Waals surface area (Å²) >= 11 is 1.56. The van der Waals surface area contributed by atoms with Crippen molar-refractivity contribution >= 4 is 44.4 Å². The fourth-order valence-electron chi connectivity index (χ4n) is 2.58. The molecule has 112 valence electrons. The molecule has 0 aliphatic rings. The van der Waals surface area contributed by atoms with Gasteiger partial charge in [0.2, 0.25) is 0 Å². The number of para-hydroxylation sites is 1. The van der Waals surface area contributed by atoms with Crippen LogP contribution in [0.3, 0.4) is 0 Å². The van der Waals surface area contributed by atoms with Gasteiger partial charge >= 0.3 is 0 Å². The zero-order valence-electron chi connectivity index (χ0n) is 12.1. The number of hydrogen-bond donors (Lipinski definition) is 2. The summed E-state index contributed by atoms with van der Waals surface area (Å²) in [4.78, 5) is 15.5. The Morgan fingerprint density at radius 1 is 1.09 bits per heavy atom. The van der Waals surface area contributed by atoms with E-state index in [1.54, 1.807) is 17.6 Å². The van der Waals surface area contributed by atoms with Gasteiger partial charge in [-0.25, -0.2) is 5.43 Å². The highest BCUT2D eigenvalue weighted by Gasteiger charge is 2.10. The molecule has 4 aromatic rings. The Labute approximate surface area is 136 Å². The van der Waals surface area contributed by atoms with Gasteiger partial charge in [-0.2, -0.15) is 5.10 Å². The summed E-state index contributed by atoms with van der Waals surface area (Å²) in [5, 5.41) is 7.98. The number of H-pyrrole nitrogens is 1. The quantitative estimate of drug-likeness (QED) is 0.432. The van der Waals surface area contributed by atoms with Gasteiger partial charge < -0.3 is 4.98 Å². The van der Waals surface area contributed by atoms with Crippen LogP contribution in [0, 0.1) is 0 Å². The number of rotatable bonds is 3. The molecule has 2 aromatic carbocycles. The zero-order chi connectivity index (χ0) is 15.6. The molecule has 23 heavy (non-hydrogen) atoms. The first kappa shape index (κ1) is 13.7. The van der Waals surface area contributed by atoms with Gasteiger partial charge in [0.15, 0.2) is 0 Å². The number of benzene rings is 2. The van der Waals surface area contributed by atoms with Gasteiger partial charge in [-0.15, -0.1) is 11.3 Å². The highest BCUT2D eigenvalue weighted by atomic mass is 32.1. The van der Waals surface area contributed by atoms with Crippen LogP contribution in [0.4, 0.5) is 0 Å². The Hall–Kier alpha value is -2.92. The fraction of sp³-hybridized carbons (Fsp3) is 0. The van der Waals surface area contributed by atoms with E-state index in [1.807, 2.05) is 60.1 Å². The van der Waals surface area contributed by atoms with Crippen LogP contribution in [0.5, 0.6) is 0 Å². The molecule has 0 atom stereocenters. The van der Waals surface area contributed by atoms with Gasteiger partial charge in [0.25, 0.3) is 5.91 Å². The second kappa shape index (κ2) is 5.70. The summed E-state index contributed by atoms with van der Waals surface area (Å²) in [5.74, 6) is -0.196. The van der Waals surface area contributed by atoms with Crippen LogP contribution < -0.4 is 5.43 Å². The number of nitrogens with zero attached hydrogens (tertiary/aromatic N) is 1. The summed E-state index contributed by atoms with van der Waals surface area (Å²) in [7, 11) is 0. The van der Waals surface area contributed by atoms with Gasteiger partial charge in [-0.05, 0) is 12.1 Å². The molecular formula is C18H13N3OS. The summed E-state index contributed by atoms with van der Waals surface area (Å²) in [5.41, 5.74) is 5.24. The lowest BCUT2D eigenvalue weighted by Gasteiger charge is -1.98. The number of amides is 1. The predicted octanol–water partition coefficient (Wildman–Crippen LogP) is 4.15. The Bertz CT molecular complexity index is 1030. The molecule has 4 nitrogen and oxygen atoms in total. The van der Waals surface area contributed by atoms with E-state index in [2.05, 4.69) is 15.5 Å². The van der Waals surface area contributed by atoms with Crippen LogP contribution in [0.15, 0.2) is 65.2 Å². The van der Waals surface area contributed by atoms with E-state index in [0.29, 0.717) is 5.56 Å². The summed E-state index contributed by atoms with van der Waals surface area (Å²) in [6.07, 6.45) is 3.53. The molecule has 0 unspecified atom stereocenters. The molecule has 0 spiro atoms. The summed E-state index contributed by atoms with van der Waals surface area (Å²) < 4.78 is 1.10. The Balaban J connectivity index is 1.55. The van der Waals surface area contributed by atoms with E-state index in [-0.39, 0.29) is 5.91 Å². The van der Waals surface area contributed by atoms with Crippen molar-refractivity contribution in [3.63, 3.8) is 0 Å². The number of nitrogens with one attached hydrogen (secondary N) is 2. The van der Waals surface area contributed by atoms with Gasteiger partial charge in [0, 0.05) is 38.1 Å². The zero-order valence-corrected chi connectivity index (χ0v) is 12.9. The normalized spacial score (nSPS) is 11.5. The molecule has 2 heterocycles. The van der Waals surface area contributed by atoms with Crippen LogP contribution >= 0.6 is 11.3 Å². The smallest absolute Gasteiger partial charge is 0.272 e. The average Bonchev–Trinajstić information content (AvgIpc) is 3.19. The van der Waals surface area contributed by atoms with Crippen molar-refractivity contribution < 1.29 is 4.79 Å². The number of hydrazone groups is 1. The first-order chi connectivity index (χ1) is 11.3. The molecule has 0 fully saturated rings. The molecule has 0 bridgehead atoms. The van der Waals surface area contributed by atoms with E-state index in [1.165, 1.54) is 0 Å². The van der Waals surface area contributed by atoms with Crippen molar-refractivity contribution in [1.29, 1.82) is 0 Å². The molecule has 4 rings (SSSR count). The second-order valence-electron chi connectivity index (χ2n) is 5.13. The first-order valence-electron chi connectivity index (χ1n) is 7.19. The lowest BCUT2D eigenvalue weighted by atomic mass is 10.2. The predicted molar refractivity (Wildman–Crippen MR) is 95.2 cm³/mol. The molecule has 0 saturated heterocycles. The third kappa shape index (κ3) is 2.51. The number of carbonyl (C=O) groups is 1. The topological polar surface area (TPSA) is 57.2 Å². The molecule has 1 amide bonds.